The first-order valence-electron chi connectivity index (χ1n) is 9.09. The van der Waals surface area contributed by atoms with Crippen LogP contribution in [0.5, 0.6) is 0 Å². The van der Waals surface area contributed by atoms with Crippen molar-refractivity contribution in [3.8, 4) is 0 Å². The molecule has 0 radical (unpaired) electrons. The lowest BCUT2D eigenvalue weighted by atomic mass is 9.77. The van der Waals surface area contributed by atoms with Crippen molar-refractivity contribution in [2.75, 3.05) is 0 Å². The molecule has 132 valence electrons. The van der Waals surface area contributed by atoms with Crippen molar-refractivity contribution in [1.29, 1.82) is 0 Å². The Hall–Kier alpha value is -2.88. The van der Waals surface area contributed by atoms with Crippen LogP contribution in [0.3, 0.4) is 0 Å². The molecule has 4 rings (SSSR count). The van der Waals surface area contributed by atoms with Crippen molar-refractivity contribution < 1.29 is 9.59 Å². The number of nitrogens with one attached hydrogen (secondary N) is 1. The summed E-state index contributed by atoms with van der Waals surface area (Å²) in [5.41, 5.74) is 1.90. The number of likely N-dealkylation sites (tertiary alicyclic amines) is 1. The molecule has 2 aromatic carbocycles. The van der Waals surface area contributed by atoms with Crippen LogP contribution in [-0.2, 0) is 16.1 Å². The fourth-order valence-corrected chi connectivity index (χ4v) is 3.92. The molecule has 26 heavy (non-hydrogen) atoms. The van der Waals surface area contributed by atoms with E-state index in [2.05, 4.69) is 17.5 Å². The molecule has 1 unspecified atom stereocenters. The zero-order chi connectivity index (χ0) is 17.9. The molecule has 1 aliphatic heterocycles. The van der Waals surface area contributed by atoms with E-state index in [1.54, 1.807) is 4.90 Å². The average molecular weight is 346 g/mol. The van der Waals surface area contributed by atoms with E-state index in [1.165, 1.54) is 0 Å². The van der Waals surface area contributed by atoms with Gasteiger partial charge in [0.15, 0.2) is 0 Å². The maximum absolute atomic E-state index is 13.0. The molecule has 1 fully saturated rings. The normalized spacial score (nSPS) is 22.3. The highest BCUT2D eigenvalue weighted by molar-refractivity contribution is 5.93. The highest BCUT2D eigenvalue weighted by atomic mass is 16.2. The standard InChI is InChI=1S/C22H22N2O2/c25-21(23-15-16-9-3-1-4-10-16)20(17-11-5-2-6-12-17)24-19-14-8-7-13-18(19)22(24)26/h1-12,18-20H,13-15H2,(H,23,25)/t18-,19+,20?/m1/s1. The molecule has 0 spiro atoms. The number of fused-ring (bicyclic) bond motifs is 1. The van der Waals surface area contributed by atoms with Crippen LogP contribution in [0.15, 0.2) is 72.8 Å². The van der Waals surface area contributed by atoms with Gasteiger partial charge < -0.3 is 10.2 Å². The number of β-lactam (4-membered cyclic amide) rings is 1. The SMILES string of the molecule is O=C(NCc1ccccc1)C(c1ccccc1)N1C(=O)[C@@H]2CC=CC[C@@H]21. The van der Waals surface area contributed by atoms with Gasteiger partial charge in [-0.15, -0.1) is 0 Å². The van der Waals surface area contributed by atoms with Gasteiger partial charge in [-0.1, -0.05) is 72.8 Å². The fourth-order valence-electron chi connectivity index (χ4n) is 3.92. The summed E-state index contributed by atoms with van der Waals surface area (Å²) in [5, 5.41) is 3.01. The number of rotatable bonds is 5. The molecule has 2 aliphatic rings. The predicted octanol–water partition coefficient (Wildman–Crippen LogP) is 3.22. The molecule has 4 heteroatoms. The van der Waals surface area contributed by atoms with Gasteiger partial charge in [-0.25, -0.2) is 0 Å². The Labute approximate surface area is 153 Å². The van der Waals surface area contributed by atoms with Gasteiger partial charge in [-0.2, -0.15) is 0 Å². The van der Waals surface area contributed by atoms with E-state index in [-0.39, 0.29) is 23.8 Å². The second kappa shape index (κ2) is 7.16. The maximum atomic E-state index is 13.0. The summed E-state index contributed by atoms with van der Waals surface area (Å²) >= 11 is 0. The van der Waals surface area contributed by atoms with E-state index in [0.29, 0.717) is 6.54 Å². The van der Waals surface area contributed by atoms with Crippen LogP contribution in [0.4, 0.5) is 0 Å². The molecule has 1 aliphatic carbocycles. The minimum Gasteiger partial charge on any atom is -0.350 e. The van der Waals surface area contributed by atoms with Crippen molar-refractivity contribution in [3.63, 3.8) is 0 Å². The van der Waals surface area contributed by atoms with Crippen LogP contribution < -0.4 is 5.32 Å². The lowest BCUT2D eigenvalue weighted by Gasteiger charge is -2.51. The van der Waals surface area contributed by atoms with E-state index in [9.17, 15) is 9.59 Å². The number of hydrogen-bond acceptors (Lipinski definition) is 2. The molecule has 1 saturated heterocycles. The Morgan fingerprint density at radius 2 is 1.65 bits per heavy atom. The number of benzene rings is 2. The van der Waals surface area contributed by atoms with Crippen molar-refractivity contribution in [2.24, 2.45) is 5.92 Å². The van der Waals surface area contributed by atoms with Crippen molar-refractivity contribution in [1.82, 2.24) is 10.2 Å². The molecule has 1 N–H and O–H groups in total. The zero-order valence-electron chi connectivity index (χ0n) is 14.5. The van der Waals surface area contributed by atoms with Gasteiger partial charge in [0.2, 0.25) is 11.8 Å². The topological polar surface area (TPSA) is 49.4 Å². The van der Waals surface area contributed by atoms with Crippen molar-refractivity contribution in [3.05, 3.63) is 83.9 Å². The number of carbonyl (C=O) groups is 2. The number of carbonyl (C=O) groups excluding carboxylic acids is 2. The molecule has 3 atom stereocenters. The molecule has 0 aromatic heterocycles. The summed E-state index contributed by atoms with van der Waals surface area (Å²) in [7, 11) is 0. The minimum absolute atomic E-state index is 0.0353. The Balaban J connectivity index is 1.56. The highest BCUT2D eigenvalue weighted by Gasteiger charge is 2.51. The van der Waals surface area contributed by atoms with Crippen molar-refractivity contribution >= 4 is 11.8 Å². The van der Waals surface area contributed by atoms with E-state index in [0.717, 1.165) is 24.0 Å². The van der Waals surface area contributed by atoms with Crippen LogP contribution in [0.2, 0.25) is 0 Å². The summed E-state index contributed by atoms with van der Waals surface area (Å²) in [6.07, 6.45) is 5.80. The number of amides is 2. The third kappa shape index (κ3) is 3.03. The zero-order valence-corrected chi connectivity index (χ0v) is 14.5. The molecule has 2 amide bonds. The van der Waals surface area contributed by atoms with Gasteiger partial charge in [0.05, 0.1) is 5.92 Å². The fraction of sp³-hybridized carbons (Fsp3) is 0.273. The third-order valence-electron chi connectivity index (χ3n) is 5.28. The first-order chi connectivity index (χ1) is 12.8. The monoisotopic (exact) mass is 346 g/mol. The lowest BCUT2D eigenvalue weighted by Crippen LogP contribution is -2.64. The second-order valence-corrected chi connectivity index (χ2v) is 6.88. The molecule has 0 bridgehead atoms. The van der Waals surface area contributed by atoms with Gasteiger partial charge in [0.1, 0.15) is 6.04 Å². The molecular formula is C22H22N2O2. The second-order valence-electron chi connectivity index (χ2n) is 6.88. The van der Waals surface area contributed by atoms with E-state index in [4.69, 9.17) is 0 Å². The molecular weight excluding hydrogens is 324 g/mol. The van der Waals surface area contributed by atoms with Crippen LogP contribution >= 0.6 is 0 Å². The molecule has 2 aromatic rings. The maximum Gasteiger partial charge on any atom is 0.247 e. The van der Waals surface area contributed by atoms with E-state index in [1.807, 2.05) is 60.7 Å². The van der Waals surface area contributed by atoms with Crippen LogP contribution in [-0.4, -0.2) is 22.8 Å². The molecule has 0 saturated carbocycles. The van der Waals surface area contributed by atoms with Gasteiger partial charge >= 0.3 is 0 Å². The largest absolute Gasteiger partial charge is 0.350 e. The number of nitrogens with zero attached hydrogens (tertiary/aromatic N) is 1. The number of allylic oxidation sites excluding steroid dienone is 1. The summed E-state index contributed by atoms with van der Waals surface area (Å²) in [6, 6.07) is 19.0. The molecule has 1 heterocycles. The Bertz CT molecular complexity index is 817. The Morgan fingerprint density at radius 1 is 1.00 bits per heavy atom. The highest BCUT2D eigenvalue weighted by Crippen LogP contribution is 2.41. The van der Waals surface area contributed by atoms with Gasteiger partial charge in [0.25, 0.3) is 0 Å². The van der Waals surface area contributed by atoms with Gasteiger partial charge in [0, 0.05) is 12.6 Å². The van der Waals surface area contributed by atoms with Crippen molar-refractivity contribution in [2.45, 2.75) is 31.5 Å². The van der Waals surface area contributed by atoms with Crippen LogP contribution in [0, 0.1) is 5.92 Å². The van der Waals surface area contributed by atoms with Crippen LogP contribution in [0.25, 0.3) is 0 Å². The van der Waals surface area contributed by atoms with Gasteiger partial charge in [-0.3, -0.25) is 9.59 Å². The lowest BCUT2D eigenvalue weighted by molar-refractivity contribution is -0.165. The van der Waals surface area contributed by atoms with E-state index >= 15 is 0 Å². The average Bonchev–Trinajstić information content (AvgIpc) is 2.71. The summed E-state index contributed by atoms with van der Waals surface area (Å²) < 4.78 is 0. The first-order valence-corrected chi connectivity index (χ1v) is 9.09. The van der Waals surface area contributed by atoms with E-state index < -0.39 is 6.04 Å². The first kappa shape index (κ1) is 16.6. The molecule has 4 nitrogen and oxygen atoms in total. The summed E-state index contributed by atoms with van der Waals surface area (Å²) in [5.74, 6) is -0.00222. The Morgan fingerprint density at radius 3 is 2.38 bits per heavy atom. The summed E-state index contributed by atoms with van der Waals surface area (Å²) in [6.45, 7) is 0.457. The predicted molar refractivity (Wildman–Crippen MR) is 100.0 cm³/mol. The quantitative estimate of drug-likeness (QED) is 0.667. The Kier molecular flexibility index (Phi) is 4.57. The third-order valence-corrected chi connectivity index (χ3v) is 5.28. The number of hydrogen-bond donors (Lipinski definition) is 1. The smallest absolute Gasteiger partial charge is 0.247 e. The van der Waals surface area contributed by atoms with Gasteiger partial charge in [-0.05, 0) is 24.0 Å². The summed E-state index contributed by atoms with van der Waals surface area (Å²) in [4.78, 5) is 27.5. The van der Waals surface area contributed by atoms with Crippen LogP contribution in [0.1, 0.15) is 30.0 Å². The minimum atomic E-state index is -0.569.